The van der Waals surface area contributed by atoms with Crippen molar-refractivity contribution >= 4 is 11.8 Å². The van der Waals surface area contributed by atoms with Gasteiger partial charge in [0.1, 0.15) is 5.75 Å². The van der Waals surface area contributed by atoms with E-state index in [1.54, 1.807) is 6.07 Å². The molecule has 1 rings (SSSR count). The maximum Gasteiger partial charge on any atom is 0.441 e. The van der Waals surface area contributed by atoms with E-state index in [4.69, 9.17) is 4.74 Å². The fraction of sp³-hybridized carbons (Fsp3) is 0.571. The third kappa shape index (κ3) is 7.05. The summed E-state index contributed by atoms with van der Waals surface area (Å²) in [6.07, 6.45) is 1.05. The summed E-state index contributed by atoms with van der Waals surface area (Å²) in [4.78, 5) is 0. The molecule has 0 aliphatic rings. The summed E-state index contributed by atoms with van der Waals surface area (Å²) in [5.74, 6) is 0.507. The molecule has 1 aromatic rings. The Balaban J connectivity index is 2.43. The summed E-state index contributed by atoms with van der Waals surface area (Å²) in [6, 6.07) is 7.65. The lowest BCUT2D eigenvalue weighted by atomic mass is 10.1. The second-order valence-electron chi connectivity index (χ2n) is 4.39. The number of hydrogen-bond donors (Lipinski definition) is 1. The molecule has 0 fully saturated rings. The molecule has 114 valence electrons. The highest BCUT2D eigenvalue weighted by molar-refractivity contribution is 8.00. The minimum Gasteiger partial charge on any atom is -0.493 e. The molecule has 2 nitrogen and oxygen atoms in total. The van der Waals surface area contributed by atoms with Crippen molar-refractivity contribution in [1.82, 2.24) is 5.32 Å². The topological polar surface area (TPSA) is 21.3 Å². The monoisotopic (exact) mass is 307 g/mol. The van der Waals surface area contributed by atoms with Crippen LogP contribution < -0.4 is 10.1 Å². The van der Waals surface area contributed by atoms with Crippen LogP contribution in [0.5, 0.6) is 5.75 Å². The molecule has 0 aromatic heterocycles. The highest BCUT2D eigenvalue weighted by Crippen LogP contribution is 2.29. The van der Waals surface area contributed by atoms with Crippen molar-refractivity contribution in [3.8, 4) is 5.75 Å². The highest BCUT2D eigenvalue weighted by Gasteiger charge is 2.27. The Morgan fingerprint density at radius 2 is 2.10 bits per heavy atom. The van der Waals surface area contributed by atoms with Crippen LogP contribution in [0.3, 0.4) is 0 Å². The summed E-state index contributed by atoms with van der Waals surface area (Å²) in [5.41, 5.74) is -3.12. The van der Waals surface area contributed by atoms with Gasteiger partial charge in [-0.05, 0) is 49.3 Å². The van der Waals surface area contributed by atoms with Gasteiger partial charge >= 0.3 is 5.51 Å². The van der Waals surface area contributed by atoms with Gasteiger partial charge < -0.3 is 10.1 Å². The van der Waals surface area contributed by atoms with Gasteiger partial charge in [0, 0.05) is 11.8 Å². The molecule has 0 saturated heterocycles. The Hall–Kier alpha value is -0.880. The van der Waals surface area contributed by atoms with E-state index in [9.17, 15) is 13.2 Å². The second kappa shape index (κ2) is 8.42. The van der Waals surface area contributed by atoms with Gasteiger partial charge in [0.2, 0.25) is 0 Å². The standard InChI is InChI=1S/C14H20F3NOS/c1-3-7-18-11(2)12-5-4-6-13(10-12)19-8-9-20-14(15,16)17/h4-6,10-11,18H,3,7-9H2,1-2H3. The van der Waals surface area contributed by atoms with Crippen molar-refractivity contribution in [3.05, 3.63) is 29.8 Å². The van der Waals surface area contributed by atoms with E-state index in [0.717, 1.165) is 18.5 Å². The molecule has 0 spiro atoms. The summed E-state index contributed by atoms with van der Waals surface area (Å²) in [7, 11) is 0. The number of nitrogens with one attached hydrogen (secondary N) is 1. The zero-order valence-corrected chi connectivity index (χ0v) is 12.5. The maximum atomic E-state index is 12.0. The SMILES string of the molecule is CCCNC(C)c1cccc(OCCSC(F)(F)F)c1. The molecule has 0 amide bonds. The van der Waals surface area contributed by atoms with Gasteiger partial charge in [-0.2, -0.15) is 13.2 Å². The van der Waals surface area contributed by atoms with Crippen molar-refractivity contribution in [2.45, 2.75) is 31.8 Å². The van der Waals surface area contributed by atoms with E-state index >= 15 is 0 Å². The van der Waals surface area contributed by atoms with Crippen molar-refractivity contribution in [1.29, 1.82) is 0 Å². The molecule has 1 atom stereocenters. The van der Waals surface area contributed by atoms with Gasteiger partial charge in [-0.3, -0.25) is 0 Å². The number of alkyl halides is 3. The van der Waals surface area contributed by atoms with Crippen molar-refractivity contribution in [2.75, 3.05) is 18.9 Å². The van der Waals surface area contributed by atoms with Crippen LogP contribution in [0.25, 0.3) is 0 Å². The van der Waals surface area contributed by atoms with E-state index in [2.05, 4.69) is 12.2 Å². The van der Waals surface area contributed by atoms with Crippen LogP contribution in [0.15, 0.2) is 24.3 Å². The first kappa shape index (κ1) is 17.2. The van der Waals surface area contributed by atoms with Gasteiger partial charge in [0.15, 0.2) is 0 Å². The van der Waals surface area contributed by atoms with Gasteiger partial charge in [-0.1, -0.05) is 19.1 Å². The van der Waals surface area contributed by atoms with E-state index < -0.39 is 5.51 Å². The highest BCUT2D eigenvalue weighted by atomic mass is 32.2. The maximum absolute atomic E-state index is 12.0. The summed E-state index contributed by atoms with van der Waals surface area (Å²) in [5, 5.41) is 3.35. The van der Waals surface area contributed by atoms with Crippen LogP contribution in [0.4, 0.5) is 13.2 Å². The van der Waals surface area contributed by atoms with E-state index in [-0.39, 0.29) is 30.2 Å². The van der Waals surface area contributed by atoms with Crippen molar-refractivity contribution < 1.29 is 17.9 Å². The zero-order valence-electron chi connectivity index (χ0n) is 11.7. The molecular weight excluding hydrogens is 287 g/mol. The van der Waals surface area contributed by atoms with Crippen molar-refractivity contribution in [2.24, 2.45) is 0 Å². The molecule has 20 heavy (non-hydrogen) atoms. The second-order valence-corrected chi connectivity index (χ2v) is 5.55. The first-order valence-electron chi connectivity index (χ1n) is 6.59. The fourth-order valence-corrected chi connectivity index (χ4v) is 2.07. The van der Waals surface area contributed by atoms with Gasteiger partial charge in [-0.15, -0.1) is 0 Å². The lowest BCUT2D eigenvalue weighted by Crippen LogP contribution is -2.19. The Morgan fingerprint density at radius 3 is 2.75 bits per heavy atom. The minimum absolute atomic E-state index is 0.0460. The molecule has 0 aliphatic heterocycles. The summed E-state index contributed by atoms with van der Waals surface area (Å²) < 4.78 is 41.3. The number of ether oxygens (including phenoxy) is 1. The molecule has 0 heterocycles. The number of rotatable bonds is 8. The lowest BCUT2D eigenvalue weighted by Gasteiger charge is -2.15. The van der Waals surface area contributed by atoms with Gasteiger partial charge in [0.25, 0.3) is 0 Å². The Kier molecular flexibility index (Phi) is 7.23. The molecule has 0 radical (unpaired) electrons. The molecule has 0 aliphatic carbocycles. The normalized spacial score (nSPS) is 13.2. The van der Waals surface area contributed by atoms with Crippen molar-refractivity contribution in [3.63, 3.8) is 0 Å². The van der Waals surface area contributed by atoms with Crippen LogP contribution in [0.1, 0.15) is 31.9 Å². The van der Waals surface area contributed by atoms with Gasteiger partial charge in [-0.25, -0.2) is 0 Å². The average Bonchev–Trinajstić information content (AvgIpc) is 2.40. The van der Waals surface area contributed by atoms with Crippen LogP contribution in [0.2, 0.25) is 0 Å². The number of hydrogen-bond acceptors (Lipinski definition) is 3. The smallest absolute Gasteiger partial charge is 0.441 e. The van der Waals surface area contributed by atoms with Crippen LogP contribution >= 0.6 is 11.8 Å². The first-order chi connectivity index (χ1) is 9.42. The quantitative estimate of drug-likeness (QED) is 0.720. The van der Waals surface area contributed by atoms with E-state index in [1.165, 1.54) is 0 Å². The van der Waals surface area contributed by atoms with E-state index in [0.29, 0.717) is 5.75 Å². The van der Waals surface area contributed by atoms with Crippen LogP contribution in [0, 0.1) is 0 Å². The molecule has 0 saturated carbocycles. The number of benzene rings is 1. The largest absolute Gasteiger partial charge is 0.493 e. The minimum atomic E-state index is -4.19. The fourth-order valence-electron chi connectivity index (χ4n) is 1.67. The predicted molar refractivity (Wildman–Crippen MR) is 77.2 cm³/mol. The molecule has 1 N–H and O–H groups in total. The van der Waals surface area contributed by atoms with Crippen LogP contribution in [-0.4, -0.2) is 24.4 Å². The Morgan fingerprint density at radius 1 is 1.35 bits per heavy atom. The van der Waals surface area contributed by atoms with E-state index in [1.807, 2.05) is 25.1 Å². The Bertz CT molecular complexity index is 398. The molecule has 6 heteroatoms. The van der Waals surface area contributed by atoms with Gasteiger partial charge in [0.05, 0.1) is 6.61 Å². The molecule has 0 bridgehead atoms. The molecule has 1 unspecified atom stereocenters. The molecular formula is C14H20F3NOS. The van der Waals surface area contributed by atoms with Crippen LogP contribution in [-0.2, 0) is 0 Å². The summed E-state index contributed by atoms with van der Waals surface area (Å²) >= 11 is -0.0629. The molecule has 1 aromatic carbocycles. The third-order valence-corrected chi connectivity index (χ3v) is 3.37. The average molecular weight is 307 g/mol. The Labute approximate surface area is 122 Å². The first-order valence-corrected chi connectivity index (χ1v) is 7.57. The lowest BCUT2D eigenvalue weighted by molar-refractivity contribution is -0.0329. The summed E-state index contributed by atoms with van der Waals surface area (Å²) in [6.45, 7) is 5.12. The number of halogens is 3. The predicted octanol–water partition coefficient (Wildman–Crippen LogP) is 4.38. The number of thioether (sulfide) groups is 1. The third-order valence-electron chi connectivity index (χ3n) is 2.68. The zero-order chi connectivity index (χ0) is 15.0.